The number of hydrogen-bond donors (Lipinski definition) is 0. The number of hydrazone groups is 1. The van der Waals surface area contributed by atoms with Crippen LogP contribution in [0.15, 0.2) is 53.1 Å². The molecule has 0 aromatic rings. The first-order valence-corrected chi connectivity index (χ1v) is 8.58. The number of allylic oxidation sites excluding steroid dienone is 6. The molecule has 0 radical (unpaired) electrons. The quantitative estimate of drug-likeness (QED) is 0.499. The highest BCUT2D eigenvalue weighted by Gasteiger charge is 2.18. The summed E-state index contributed by atoms with van der Waals surface area (Å²) >= 11 is 0. The fraction of sp³-hybridized carbons (Fsp3) is 0.474. The third-order valence-electron chi connectivity index (χ3n) is 4.48. The van der Waals surface area contributed by atoms with Crippen molar-refractivity contribution in [2.24, 2.45) is 5.10 Å². The first kappa shape index (κ1) is 18.8. The van der Waals surface area contributed by atoms with Crippen molar-refractivity contribution in [3.8, 4) is 0 Å². The van der Waals surface area contributed by atoms with Crippen LogP contribution in [0.3, 0.4) is 0 Å². The molecule has 0 aromatic carbocycles. The Bertz CT molecular complexity index is 632. The summed E-state index contributed by atoms with van der Waals surface area (Å²) in [5.41, 5.74) is 3.50. The van der Waals surface area contributed by atoms with Gasteiger partial charge in [-0.3, -0.25) is 9.80 Å². The molecule has 1 heterocycles. The van der Waals surface area contributed by atoms with Crippen LogP contribution in [-0.4, -0.2) is 72.7 Å². The summed E-state index contributed by atoms with van der Waals surface area (Å²) in [6.45, 7) is 8.13. The minimum atomic E-state index is 0.0378. The minimum absolute atomic E-state index is 0.0378. The van der Waals surface area contributed by atoms with Crippen LogP contribution < -0.4 is 0 Å². The zero-order chi connectivity index (χ0) is 18.4. The Hall–Kier alpha value is -2.50. The molecule has 0 bridgehead atoms. The van der Waals surface area contributed by atoms with Crippen LogP contribution in [0.25, 0.3) is 0 Å². The van der Waals surface area contributed by atoms with E-state index in [1.807, 2.05) is 25.4 Å². The predicted molar refractivity (Wildman–Crippen MR) is 103 cm³/mol. The lowest BCUT2D eigenvalue weighted by Crippen LogP contribution is -2.31. The molecule has 0 spiro atoms. The van der Waals surface area contributed by atoms with Crippen molar-refractivity contribution in [1.29, 1.82) is 0 Å². The number of carbonyl (C=O) groups excluding carboxylic acids is 1. The van der Waals surface area contributed by atoms with E-state index in [1.165, 1.54) is 11.4 Å². The number of carbonyl (C=O) groups is 1. The summed E-state index contributed by atoms with van der Waals surface area (Å²) in [4.78, 5) is 17.5. The van der Waals surface area contributed by atoms with Crippen molar-refractivity contribution in [2.45, 2.75) is 19.8 Å². The fourth-order valence-electron chi connectivity index (χ4n) is 2.71. The maximum atomic E-state index is 11.0. The van der Waals surface area contributed by atoms with Gasteiger partial charge in [0, 0.05) is 51.3 Å². The van der Waals surface area contributed by atoms with Gasteiger partial charge < -0.3 is 14.7 Å². The van der Waals surface area contributed by atoms with Crippen LogP contribution in [0.1, 0.15) is 19.8 Å². The van der Waals surface area contributed by atoms with E-state index in [0.717, 1.165) is 38.3 Å². The van der Waals surface area contributed by atoms with Crippen molar-refractivity contribution in [3.63, 3.8) is 0 Å². The van der Waals surface area contributed by atoms with E-state index in [2.05, 4.69) is 45.6 Å². The van der Waals surface area contributed by atoms with Crippen LogP contribution in [0.2, 0.25) is 0 Å². The van der Waals surface area contributed by atoms with Crippen molar-refractivity contribution >= 4 is 12.1 Å². The number of hydrogen-bond acceptors (Lipinski definition) is 6. The van der Waals surface area contributed by atoms with Crippen LogP contribution in [-0.2, 0) is 4.79 Å². The summed E-state index contributed by atoms with van der Waals surface area (Å²) < 4.78 is 0. The van der Waals surface area contributed by atoms with Gasteiger partial charge in [-0.05, 0) is 44.1 Å². The average Bonchev–Trinajstić information content (AvgIpc) is 3.03. The Kier molecular flexibility index (Phi) is 6.44. The maximum Gasteiger partial charge on any atom is 0.152 e. The third-order valence-corrected chi connectivity index (χ3v) is 4.48. The summed E-state index contributed by atoms with van der Waals surface area (Å²) in [5.74, 6) is 0.0378. The lowest BCUT2D eigenvalue weighted by Gasteiger charge is -2.29. The van der Waals surface area contributed by atoms with E-state index >= 15 is 0 Å². The standard InChI is InChI=1S/C19H29N5O/c1-16(6-7-17(2)25)21(3)12-13-22(4)18-8-10-19(11-9-18)24-14-20-23(5)15-24/h6-8,10,14H,1,9,11-13,15H2,2-5H3/b7-6-. The lowest BCUT2D eigenvalue weighted by atomic mass is 10.1. The van der Waals surface area contributed by atoms with E-state index < -0.39 is 0 Å². The normalized spacial score (nSPS) is 17.0. The van der Waals surface area contributed by atoms with Gasteiger partial charge >= 0.3 is 0 Å². The molecule has 1 aliphatic carbocycles. The molecule has 0 aromatic heterocycles. The van der Waals surface area contributed by atoms with Gasteiger partial charge in [0.05, 0.1) is 0 Å². The largest absolute Gasteiger partial charge is 0.376 e. The molecule has 0 atom stereocenters. The Morgan fingerprint density at radius 3 is 2.60 bits per heavy atom. The van der Waals surface area contributed by atoms with Crippen LogP contribution >= 0.6 is 0 Å². The molecule has 0 saturated heterocycles. The lowest BCUT2D eigenvalue weighted by molar-refractivity contribution is -0.112. The third kappa shape index (κ3) is 5.52. The van der Waals surface area contributed by atoms with Crippen LogP contribution in [0.4, 0.5) is 0 Å². The Morgan fingerprint density at radius 2 is 2.04 bits per heavy atom. The monoisotopic (exact) mass is 343 g/mol. The molecule has 2 aliphatic rings. The van der Waals surface area contributed by atoms with Gasteiger partial charge in [0.2, 0.25) is 0 Å². The summed E-state index contributed by atoms with van der Waals surface area (Å²) in [6, 6.07) is 0. The van der Waals surface area contributed by atoms with Gasteiger partial charge in [-0.25, -0.2) is 0 Å². The second-order valence-electron chi connectivity index (χ2n) is 6.59. The first-order chi connectivity index (χ1) is 11.9. The number of ketones is 1. The molecule has 1 aliphatic heterocycles. The van der Waals surface area contributed by atoms with Crippen molar-refractivity contribution in [1.82, 2.24) is 19.7 Å². The predicted octanol–water partition coefficient (Wildman–Crippen LogP) is 2.22. The highest BCUT2D eigenvalue weighted by Crippen LogP contribution is 2.23. The second-order valence-corrected chi connectivity index (χ2v) is 6.59. The molecule has 6 heteroatoms. The zero-order valence-electron chi connectivity index (χ0n) is 15.8. The van der Waals surface area contributed by atoms with Gasteiger partial charge in [-0.1, -0.05) is 6.58 Å². The van der Waals surface area contributed by atoms with E-state index in [-0.39, 0.29) is 5.78 Å². The van der Waals surface area contributed by atoms with Gasteiger partial charge in [0.25, 0.3) is 0 Å². The van der Waals surface area contributed by atoms with Gasteiger partial charge in [-0.15, -0.1) is 0 Å². The number of rotatable bonds is 8. The molecular formula is C19H29N5O. The molecule has 136 valence electrons. The molecule has 6 nitrogen and oxygen atoms in total. The summed E-state index contributed by atoms with van der Waals surface area (Å²) in [6.07, 6.45) is 11.7. The van der Waals surface area contributed by atoms with Crippen molar-refractivity contribution in [3.05, 3.63) is 48.0 Å². The smallest absolute Gasteiger partial charge is 0.152 e. The average molecular weight is 343 g/mol. The van der Waals surface area contributed by atoms with Crippen molar-refractivity contribution < 1.29 is 4.79 Å². The minimum Gasteiger partial charge on any atom is -0.376 e. The SMILES string of the molecule is C=C(/C=C\C(C)=O)N(C)CCN(C)C1=CC=C(N2C=NN(C)C2)CC1. The summed E-state index contributed by atoms with van der Waals surface area (Å²) in [5, 5.41) is 6.19. The molecule has 25 heavy (non-hydrogen) atoms. The highest BCUT2D eigenvalue weighted by molar-refractivity contribution is 5.87. The molecule has 0 fully saturated rings. The first-order valence-electron chi connectivity index (χ1n) is 8.58. The van der Waals surface area contributed by atoms with E-state index in [4.69, 9.17) is 0 Å². The molecule has 0 unspecified atom stereocenters. The highest BCUT2D eigenvalue weighted by atomic mass is 16.1. The van der Waals surface area contributed by atoms with Crippen LogP contribution in [0.5, 0.6) is 0 Å². The van der Waals surface area contributed by atoms with E-state index in [1.54, 1.807) is 19.1 Å². The molecule has 0 N–H and O–H groups in total. The van der Waals surface area contributed by atoms with E-state index in [9.17, 15) is 4.79 Å². The van der Waals surface area contributed by atoms with E-state index in [0.29, 0.717) is 0 Å². The zero-order valence-corrected chi connectivity index (χ0v) is 15.8. The summed E-state index contributed by atoms with van der Waals surface area (Å²) in [7, 11) is 6.10. The topological polar surface area (TPSA) is 42.4 Å². The molecule has 0 saturated carbocycles. The Morgan fingerprint density at radius 1 is 1.28 bits per heavy atom. The maximum absolute atomic E-state index is 11.0. The van der Waals surface area contributed by atoms with Crippen molar-refractivity contribution in [2.75, 3.05) is 40.9 Å². The molecule has 0 amide bonds. The number of nitrogens with zero attached hydrogens (tertiary/aromatic N) is 5. The van der Waals surface area contributed by atoms with Gasteiger partial charge in [0.1, 0.15) is 13.0 Å². The Labute approximate surface area is 151 Å². The van der Waals surface area contributed by atoms with Gasteiger partial charge in [0.15, 0.2) is 5.78 Å². The second kappa shape index (κ2) is 8.55. The Balaban J connectivity index is 1.83. The fourth-order valence-corrected chi connectivity index (χ4v) is 2.71. The molecule has 2 rings (SSSR count). The molecular weight excluding hydrogens is 314 g/mol. The van der Waals surface area contributed by atoms with Crippen LogP contribution in [0, 0.1) is 0 Å². The van der Waals surface area contributed by atoms with Gasteiger partial charge in [-0.2, -0.15) is 5.10 Å². The number of likely N-dealkylation sites (N-methyl/N-ethyl adjacent to an activating group) is 2.